The number of nitrogen functional groups attached to an aromatic ring is 1. The van der Waals surface area contributed by atoms with Crippen LogP contribution in [-0.4, -0.2) is 4.98 Å². The Balaban J connectivity index is 1.87. The van der Waals surface area contributed by atoms with Crippen LogP contribution in [0.25, 0.3) is 10.9 Å². The Morgan fingerprint density at radius 3 is 2.80 bits per heavy atom. The van der Waals surface area contributed by atoms with Crippen LogP contribution in [0.2, 0.25) is 0 Å². The van der Waals surface area contributed by atoms with Gasteiger partial charge in [-0.15, -0.1) is 0 Å². The Bertz CT molecular complexity index is 730. The number of nitrogens with zero attached hydrogens (tertiary/aromatic N) is 1. The summed E-state index contributed by atoms with van der Waals surface area (Å²) in [5, 5.41) is 4.26. The van der Waals surface area contributed by atoms with Crippen molar-refractivity contribution in [2.45, 2.75) is 6.54 Å². The molecule has 0 atom stereocenters. The molecule has 0 amide bonds. The summed E-state index contributed by atoms with van der Waals surface area (Å²) in [5.74, 6) is -0.344. The Morgan fingerprint density at radius 1 is 1.10 bits per heavy atom. The molecule has 0 aliphatic heterocycles. The van der Waals surface area contributed by atoms with Gasteiger partial charge in [-0.05, 0) is 29.8 Å². The molecule has 0 fully saturated rings. The summed E-state index contributed by atoms with van der Waals surface area (Å²) >= 11 is 0. The zero-order valence-corrected chi connectivity index (χ0v) is 10.8. The molecule has 1 heterocycles. The van der Waals surface area contributed by atoms with Gasteiger partial charge in [0.05, 0.1) is 5.52 Å². The third kappa shape index (κ3) is 2.54. The standard InChI is InChI=1S/C16H14FN3/c17-13-7-14(18)9-15(8-13)20-10-12-4-1-3-11-5-2-6-19-16(11)12/h1-9,20H,10,18H2. The van der Waals surface area contributed by atoms with Crippen molar-refractivity contribution in [2.24, 2.45) is 0 Å². The number of halogens is 1. The van der Waals surface area contributed by atoms with E-state index in [1.165, 1.54) is 12.1 Å². The summed E-state index contributed by atoms with van der Waals surface area (Å²) in [6.07, 6.45) is 1.77. The van der Waals surface area contributed by atoms with Crippen molar-refractivity contribution >= 4 is 22.3 Å². The van der Waals surface area contributed by atoms with Crippen LogP contribution in [0.4, 0.5) is 15.8 Å². The van der Waals surface area contributed by atoms with E-state index in [4.69, 9.17) is 5.73 Å². The zero-order chi connectivity index (χ0) is 13.9. The van der Waals surface area contributed by atoms with E-state index >= 15 is 0 Å². The fraction of sp³-hybridized carbons (Fsp3) is 0.0625. The number of pyridine rings is 1. The SMILES string of the molecule is Nc1cc(F)cc(NCc2cccc3cccnc23)c1. The summed E-state index contributed by atoms with van der Waals surface area (Å²) in [6.45, 7) is 0.567. The monoisotopic (exact) mass is 267 g/mol. The summed E-state index contributed by atoms with van der Waals surface area (Å²) in [5.41, 5.74) is 8.71. The molecule has 0 spiro atoms. The molecule has 0 aliphatic rings. The molecule has 0 aliphatic carbocycles. The van der Waals surface area contributed by atoms with Gasteiger partial charge in [0.2, 0.25) is 0 Å². The molecule has 1 aromatic heterocycles. The topological polar surface area (TPSA) is 50.9 Å². The van der Waals surface area contributed by atoms with Gasteiger partial charge in [-0.1, -0.05) is 24.3 Å². The first-order valence-corrected chi connectivity index (χ1v) is 6.35. The molecule has 0 saturated carbocycles. The number of aromatic nitrogens is 1. The van der Waals surface area contributed by atoms with Crippen LogP contribution >= 0.6 is 0 Å². The summed E-state index contributed by atoms with van der Waals surface area (Å²) in [6, 6.07) is 14.4. The molecule has 2 aromatic carbocycles. The first-order valence-electron chi connectivity index (χ1n) is 6.35. The maximum atomic E-state index is 13.3. The van der Waals surface area contributed by atoms with E-state index in [1.54, 1.807) is 12.3 Å². The summed E-state index contributed by atoms with van der Waals surface area (Å²) in [7, 11) is 0. The molecule has 0 radical (unpaired) electrons. The molecule has 3 nitrogen and oxygen atoms in total. The number of anilines is 2. The van der Waals surface area contributed by atoms with E-state index < -0.39 is 0 Å². The van der Waals surface area contributed by atoms with Crippen LogP contribution < -0.4 is 11.1 Å². The first-order chi connectivity index (χ1) is 9.72. The number of nitrogens with one attached hydrogen (secondary N) is 1. The normalized spacial score (nSPS) is 10.7. The molecule has 3 rings (SSSR count). The van der Waals surface area contributed by atoms with Crippen molar-refractivity contribution in [1.29, 1.82) is 0 Å². The second kappa shape index (κ2) is 5.17. The van der Waals surface area contributed by atoms with Gasteiger partial charge in [0, 0.05) is 29.5 Å². The van der Waals surface area contributed by atoms with Gasteiger partial charge in [-0.2, -0.15) is 0 Å². The van der Waals surface area contributed by atoms with Crippen molar-refractivity contribution in [1.82, 2.24) is 4.98 Å². The number of fused-ring (bicyclic) bond motifs is 1. The highest BCUT2D eigenvalue weighted by atomic mass is 19.1. The number of para-hydroxylation sites is 1. The lowest BCUT2D eigenvalue weighted by atomic mass is 10.1. The number of rotatable bonds is 3. The van der Waals surface area contributed by atoms with Crippen molar-refractivity contribution in [3.8, 4) is 0 Å². The predicted octanol–water partition coefficient (Wildman–Crippen LogP) is 3.57. The van der Waals surface area contributed by atoms with Gasteiger partial charge in [0.1, 0.15) is 5.82 Å². The van der Waals surface area contributed by atoms with Crippen molar-refractivity contribution < 1.29 is 4.39 Å². The van der Waals surface area contributed by atoms with Crippen LogP contribution in [0.5, 0.6) is 0 Å². The van der Waals surface area contributed by atoms with Gasteiger partial charge >= 0.3 is 0 Å². The van der Waals surface area contributed by atoms with Gasteiger partial charge < -0.3 is 11.1 Å². The predicted molar refractivity (Wildman–Crippen MR) is 79.9 cm³/mol. The van der Waals surface area contributed by atoms with Crippen molar-refractivity contribution in [3.05, 3.63) is 66.1 Å². The zero-order valence-electron chi connectivity index (χ0n) is 10.8. The third-order valence-electron chi connectivity index (χ3n) is 3.12. The maximum Gasteiger partial charge on any atom is 0.127 e. The Hall–Kier alpha value is -2.62. The minimum atomic E-state index is -0.344. The number of hydrogen-bond acceptors (Lipinski definition) is 3. The lowest BCUT2D eigenvalue weighted by Gasteiger charge is -2.09. The van der Waals surface area contributed by atoms with Gasteiger partial charge in [-0.25, -0.2) is 4.39 Å². The van der Waals surface area contributed by atoms with Gasteiger partial charge in [-0.3, -0.25) is 4.98 Å². The molecular weight excluding hydrogens is 253 g/mol. The Labute approximate surface area is 116 Å². The Morgan fingerprint density at radius 2 is 1.95 bits per heavy atom. The molecule has 20 heavy (non-hydrogen) atoms. The van der Waals surface area contributed by atoms with E-state index in [1.807, 2.05) is 30.3 Å². The second-order valence-electron chi connectivity index (χ2n) is 4.62. The van der Waals surface area contributed by atoms with E-state index in [9.17, 15) is 4.39 Å². The fourth-order valence-electron chi connectivity index (χ4n) is 2.22. The molecule has 0 saturated heterocycles. The van der Waals surface area contributed by atoms with Gasteiger partial charge in [0.25, 0.3) is 0 Å². The van der Waals surface area contributed by atoms with E-state index in [-0.39, 0.29) is 5.82 Å². The van der Waals surface area contributed by atoms with Crippen molar-refractivity contribution in [2.75, 3.05) is 11.1 Å². The quantitative estimate of drug-likeness (QED) is 0.713. The molecule has 4 heteroatoms. The van der Waals surface area contributed by atoms with E-state index in [0.717, 1.165) is 16.5 Å². The molecule has 0 unspecified atom stereocenters. The van der Waals surface area contributed by atoms with Crippen LogP contribution in [0.1, 0.15) is 5.56 Å². The number of benzene rings is 2. The highest BCUT2D eigenvalue weighted by Crippen LogP contribution is 2.19. The molecule has 100 valence electrons. The lowest BCUT2D eigenvalue weighted by Crippen LogP contribution is -2.02. The fourth-order valence-corrected chi connectivity index (χ4v) is 2.22. The number of nitrogens with two attached hydrogens (primary N) is 1. The van der Waals surface area contributed by atoms with Crippen LogP contribution in [-0.2, 0) is 6.54 Å². The third-order valence-corrected chi connectivity index (χ3v) is 3.12. The highest BCUT2D eigenvalue weighted by molar-refractivity contribution is 5.81. The first kappa shape index (κ1) is 12.4. The molecule has 3 N–H and O–H groups in total. The lowest BCUT2D eigenvalue weighted by molar-refractivity contribution is 0.629. The highest BCUT2D eigenvalue weighted by Gasteiger charge is 2.03. The Kier molecular flexibility index (Phi) is 3.21. The summed E-state index contributed by atoms with van der Waals surface area (Å²) in [4.78, 5) is 4.39. The van der Waals surface area contributed by atoms with Crippen LogP contribution in [0.3, 0.4) is 0 Å². The number of hydrogen-bond donors (Lipinski definition) is 2. The van der Waals surface area contributed by atoms with E-state index in [0.29, 0.717) is 17.9 Å². The average molecular weight is 267 g/mol. The smallest absolute Gasteiger partial charge is 0.127 e. The minimum Gasteiger partial charge on any atom is -0.399 e. The van der Waals surface area contributed by atoms with Crippen molar-refractivity contribution in [3.63, 3.8) is 0 Å². The largest absolute Gasteiger partial charge is 0.399 e. The maximum absolute atomic E-state index is 13.3. The molecular formula is C16H14FN3. The van der Waals surface area contributed by atoms with Crippen LogP contribution in [0.15, 0.2) is 54.7 Å². The minimum absolute atomic E-state index is 0.344. The summed E-state index contributed by atoms with van der Waals surface area (Å²) < 4.78 is 13.3. The van der Waals surface area contributed by atoms with Gasteiger partial charge in [0.15, 0.2) is 0 Å². The van der Waals surface area contributed by atoms with E-state index in [2.05, 4.69) is 10.3 Å². The van der Waals surface area contributed by atoms with Crippen LogP contribution in [0, 0.1) is 5.82 Å². The second-order valence-corrected chi connectivity index (χ2v) is 4.62. The molecule has 3 aromatic rings. The average Bonchev–Trinajstić information content (AvgIpc) is 2.44. The molecule has 0 bridgehead atoms.